The molecule has 1 aromatic rings. The van der Waals surface area contributed by atoms with E-state index in [1.54, 1.807) is 0 Å². The van der Waals surface area contributed by atoms with Gasteiger partial charge in [-0.05, 0) is 24.4 Å². The molecule has 0 saturated carbocycles. The Morgan fingerprint density at radius 1 is 1.73 bits per heavy atom. The largest absolute Gasteiger partial charge is 0.376 e. The van der Waals surface area contributed by atoms with Gasteiger partial charge in [-0.15, -0.1) is 0 Å². The molecule has 0 fully saturated rings. The summed E-state index contributed by atoms with van der Waals surface area (Å²) in [6, 6.07) is 2.76. The van der Waals surface area contributed by atoms with Crippen molar-refractivity contribution in [3.05, 3.63) is 24.1 Å². The highest BCUT2D eigenvalue weighted by Crippen LogP contribution is 2.06. The van der Waals surface area contributed by atoms with Gasteiger partial charge in [-0.2, -0.15) is 0 Å². The molecule has 0 radical (unpaired) electrons. The molecule has 1 rings (SSSR count). The maximum atomic E-state index is 12.7. The highest BCUT2D eigenvalue weighted by Gasteiger charge is 2.00. The first-order chi connectivity index (χ1) is 5.20. The van der Waals surface area contributed by atoms with Gasteiger partial charge in [-0.25, -0.2) is 9.37 Å². The minimum absolute atomic E-state index is 0.00241. The lowest BCUT2D eigenvalue weighted by atomic mass is 10.4. The standard InChI is InChI=1S/C6H6FN3S/c7-4-2-1-3-9-5(4)10-6(8)11/h1-3H,(H3,8,9,10,11). The van der Waals surface area contributed by atoms with Gasteiger partial charge in [0.1, 0.15) is 0 Å². The lowest BCUT2D eigenvalue weighted by Crippen LogP contribution is -2.20. The zero-order chi connectivity index (χ0) is 8.27. The van der Waals surface area contributed by atoms with Crippen LogP contribution in [0.2, 0.25) is 0 Å². The van der Waals surface area contributed by atoms with Crippen molar-refractivity contribution in [2.24, 2.45) is 5.73 Å². The third kappa shape index (κ3) is 2.12. The number of thiocarbonyl (C=S) groups is 1. The van der Waals surface area contributed by atoms with Crippen molar-refractivity contribution in [1.82, 2.24) is 4.98 Å². The normalized spacial score (nSPS) is 9.18. The number of pyridine rings is 1. The number of nitrogens with zero attached hydrogens (tertiary/aromatic N) is 1. The fourth-order valence-electron chi connectivity index (χ4n) is 0.594. The van der Waals surface area contributed by atoms with Gasteiger partial charge < -0.3 is 11.1 Å². The fraction of sp³-hybridized carbons (Fsp3) is 0. The van der Waals surface area contributed by atoms with Gasteiger partial charge in [0.15, 0.2) is 16.7 Å². The molecule has 0 unspecified atom stereocenters. The van der Waals surface area contributed by atoms with Gasteiger partial charge in [0.25, 0.3) is 0 Å². The first-order valence-electron chi connectivity index (χ1n) is 2.87. The number of anilines is 1. The average molecular weight is 171 g/mol. The van der Waals surface area contributed by atoms with E-state index in [1.165, 1.54) is 18.3 Å². The Morgan fingerprint density at radius 3 is 3.00 bits per heavy atom. The molecule has 0 spiro atoms. The molecule has 0 bridgehead atoms. The van der Waals surface area contributed by atoms with Crippen LogP contribution in [0.1, 0.15) is 0 Å². The van der Waals surface area contributed by atoms with Crippen molar-refractivity contribution < 1.29 is 4.39 Å². The molecule has 0 aromatic carbocycles. The number of hydrogen-bond donors (Lipinski definition) is 2. The Balaban J connectivity index is 2.86. The minimum Gasteiger partial charge on any atom is -0.376 e. The van der Waals surface area contributed by atoms with Crippen molar-refractivity contribution in [2.45, 2.75) is 0 Å². The Hall–Kier alpha value is -1.23. The molecule has 0 aliphatic rings. The summed E-state index contributed by atoms with van der Waals surface area (Å²) in [7, 11) is 0. The van der Waals surface area contributed by atoms with Crippen LogP contribution in [-0.4, -0.2) is 10.1 Å². The second-order valence-electron chi connectivity index (χ2n) is 1.82. The van der Waals surface area contributed by atoms with Crippen molar-refractivity contribution in [3.8, 4) is 0 Å². The molecule has 3 N–H and O–H groups in total. The van der Waals surface area contributed by atoms with Gasteiger partial charge in [0, 0.05) is 6.20 Å². The van der Waals surface area contributed by atoms with E-state index >= 15 is 0 Å². The van der Waals surface area contributed by atoms with Crippen LogP contribution >= 0.6 is 12.2 Å². The van der Waals surface area contributed by atoms with Crippen LogP contribution in [0.25, 0.3) is 0 Å². The van der Waals surface area contributed by atoms with Gasteiger partial charge in [0.05, 0.1) is 0 Å². The second-order valence-corrected chi connectivity index (χ2v) is 2.26. The topological polar surface area (TPSA) is 50.9 Å². The molecule has 1 aromatic heterocycles. The molecule has 58 valence electrons. The number of aromatic nitrogens is 1. The van der Waals surface area contributed by atoms with Crippen LogP contribution in [-0.2, 0) is 0 Å². The van der Waals surface area contributed by atoms with Crippen LogP contribution in [0.4, 0.5) is 10.2 Å². The molecule has 5 heteroatoms. The molecule has 0 amide bonds. The van der Waals surface area contributed by atoms with Gasteiger partial charge >= 0.3 is 0 Å². The number of halogens is 1. The van der Waals surface area contributed by atoms with Gasteiger partial charge in [0.2, 0.25) is 0 Å². The van der Waals surface area contributed by atoms with E-state index in [2.05, 4.69) is 22.5 Å². The monoisotopic (exact) mass is 171 g/mol. The van der Waals surface area contributed by atoms with Gasteiger partial charge in [-0.3, -0.25) is 0 Å². The quantitative estimate of drug-likeness (QED) is 0.616. The first kappa shape index (κ1) is 7.87. The summed E-state index contributed by atoms with van der Waals surface area (Å²) in [5.41, 5.74) is 5.11. The predicted molar refractivity (Wildman–Crippen MR) is 44.6 cm³/mol. The van der Waals surface area contributed by atoms with Gasteiger partial charge in [-0.1, -0.05) is 0 Å². The maximum Gasteiger partial charge on any atom is 0.169 e. The number of nitrogens with one attached hydrogen (secondary N) is 1. The number of hydrogen-bond acceptors (Lipinski definition) is 2. The molecule has 0 aliphatic heterocycles. The molecule has 11 heavy (non-hydrogen) atoms. The van der Waals surface area contributed by atoms with E-state index in [4.69, 9.17) is 5.73 Å². The Labute approximate surface area is 68.4 Å². The lowest BCUT2D eigenvalue weighted by Gasteiger charge is -2.01. The van der Waals surface area contributed by atoms with Crippen LogP contribution < -0.4 is 11.1 Å². The Bertz CT molecular complexity index is 276. The van der Waals surface area contributed by atoms with Crippen molar-refractivity contribution in [3.63, 3.8) is 0 Å². The molecule has 0 saturated heterocycles. The highest BCUT2D eigenvalue weighted by atomic mass is 32.1. The summed E-state index contributed by atoms with van der Waals surface area (Å²) in [6.07, 6.45) is 1.45. The SMILES string of the molecule is NC(=S)Nc1ncccc1F. The fourth-order valence-corrected chi connectivity index (χ4v) is 0.691. The summed E-state index contributed by atoms with van der Waals surface area (Å²) < 4.78 is 12.7. The summed E-state index contributed by atoms with van der Waals surface area (Å²) in [4.78, 5) is 3.66. The second kappa shape index (κ2) is 3.25. The van der Waals surface area contributed by atoms with E-state index in [9.17, 15) is 4.39 Å². The van der Waals surface area contributed by atoms with Crippen LogP contribution in [0.15, 0.2) is 18.3 Å². The molecular formula is C6H6FN3S. The van der Waals surface area contributed by atoms with E-state index in [0.29, 0.717) is 0 Å². The average Bonchev–Trinajstić information content (AvgIpc) is 1.93. The van der Waals surface area contributed by atoms with E-state index < -0.39 is 5.82 Å². The van der Waals surface area contributed by atoms with Crippen molar-refractivity contribution >= 4 is 23.1 Å². The molecule has 0 aliphatic carbocycles. The lowest BCUT2D eigenvalue weighted by molar-refractivity contribution is 0.627. The summed E-state index contributed by atoms with van der Waals surface area (Å²) in [5, 5.41) is 2.40. The molecule has 1 heterocycles. The summed E-state index contributed by atoms with van der Waals surface area (Å²) in [5.74, 6) is -0.416. The predicted octanol–water partition coefficient (Wildman–Crippen LogP) is 0.876. The summed E-state index contributed by atoms with van der Waals surface area (Å²) >= 11 is 4.50. The molecule has 3 nitrogen and oxygen atoms in total. The zero-order valence-corrected chi connectivity index (χ0v) is 6.36. The smallest absolute Gasteiger partial charge is 0.169 e. The zero-order valence-electron chi connectivity index (χ0n) is 5.54. The van der Waals surface area contributed by atoms with Crippen molar-refractivity contribution in [2.75, 3.05) is 5.32 Å². The Morgan fingerprint density at radius 2 is 2.45 bits per heavy atom. The Kier molecular flexibility index (Phi) is 2.32. The van der Waals surface area contributed by atoms with Crippen LogP contribution in [0.3, 0.4) is 0 Å². The number of nitrogens with two attached hydrogens (primary N) is 1. The van der Waals surface area contributed by atoms with Crippen molar-refractivity contribution in [1.29, 1.82) is 0 Å². The minimum atomic E-state index is -0.472. The first-order valence-corrected chi connectivity index (χ1v) is 3.28. The van der Waals surface area contributed by atoms with Crippen LogP contribution in [0.5, 0.6) is 0 Å². The van der Waals surface area contributed by atoms with Crippen LogP contribution in [0, 0.1) is 5.82 Å². The molecular weight excluding hydrogens is 165 g/mol. The maximum absolute atomic E-state index is 12.7. The third-order valence-electron chi connectivity index (χ3n) is 1.00. The van der Waals surface area contributed by atoms with E-state index in [1.807, 2.05) is 0 Å². The molecule has 0 atom stereocenters. The van der Waals surface area contributed by atoms with E-state index in [0.717, 1.165) is 0 Å². The summed E-state index contributed by atoms with van der Waals surface area (Å²) in [6.45, 7) is 0. The third-order valence-corrected chi connectivity index (χ3v) is 1.10. The highest BCUT2D eigenvalue weighted by molar-refractivity contribution is 7.80. The number of rotatable bonds is 1. The van der Waals surface area contributed by atoms with E-state index in [-0.39, 0.29) is 10.9 Å².